The number of carbonyl (C=O) groups excluding carboxylic acids is 1. The summed E-state index contributed by atoms with van der Waals surface area (Å²) in [7, 11) is 0. The van der Waals surface area contributed by atoms with E-state index >= 15 is 0 Å². The number of nitrogens with two attached hydrogens (primary N) is 1. The van der Waals surface area contributed by atoms with Gasteiger partial charge < -0.3 is 0 Å². The molecule has 1 fully saturated rings. The Labute approximate surface area is 151 Å². The van der Waals surface area contributed by atoms with Crippen molar-refractivity contribution in [1.82, 2.24) is 0 Å². The third-order valence-corrected chi connectivity index (χ3v) is 4.72. The second-order valence-electron chi connectivity index (χ2n) is 5.50. The van der Waals surface area contributed by atoms with Crippen LogP contribution >= 0.6 is 34.2 Å². The first kappa shape index (κ1) is 16.5. The molecule has 0 aromatic heterocycles. The highest BCUT2D eigenvalue weighted by Crippen LogP contribution is 2.42. The van der Waals surface area contributed by atoms with E-state index in [4.69, 9.17) is 17.0 Å². The zero-order valence-corrected chi connectivity index (χ0v) is 15.0. The van der Waals surface area contributed by atoms with Crippen molar-refractivity contribution in [2.45, 2.75) is 18.8 Å². The summed E-state index contributed by atoms with van der Waals surface area (Å²) >= 11 is 7.98. The summed E-state index contributed by atoms with van der Waals surface area (Å²) < 4.78 is 14.0. The summed E-state index contributed by atoms with van der Waals surface area (Å²) in [6.45, 7) is 0. The molecule has 1 saturated carbocycles. The Morgan fingerprint density at radius 2 is 1.91 bits per heavy atom. The van der Waals surface area contributed by atoms with Gasteiger partial charge in [0.05, 0.1) is 5.02 Å². The zero-order chi connectivity index (χ0) is 16.6. The van der Waals surface area contributed by atoms with Crippen LogP contribution in [0.3, 0.4) is 0 Å². The average molecular weight is 444 g/mol. The molecule has 3 nitrogen and oxygen atoms in total. The lowest BCUT2D eigenvalue weighted by Gasteiger charge is -2.10. The molecule has 6 heteroatoms. The van der Waals surface area contributed by atoms with Gasteiger partial charge in [0.1, 0.15) is 26.3 Å². The molecule has 0 bridgehead atoms. The number of rotatable bonds is 4. The van der Waals surface area contributed by atoms with Gasteiger partial charge in [0.25, 0.3) is 0 Å². The number of benzene rings is 2. The van der Waals surface area contributed by atoms with Gasteiger partial charge in [-0.25, -0.2) is 14.5 Å². The Balaban J connectivity index is 1.98. The van der Waals surface area contributed by atoms with Crippen molar-refractivity contribution < 1.29 is 14.5 Å². The molecule has 1 amide bonds. The minimum atomic E-state index is -0.507. The number of hydrogen-bond donors (Lipinski definition) is 2. The molecular weight excluding hydrogens is 430 g/mol. The van der Waals surface area contributed by atoms with Crippen LogP contribution in [0.4, 0.5) is 10.1 Å². The first-order chi connectivity index (χ1) is 11.0. The van der Waals surface area contributed by atoms with Crippen LogP contribution in [-0.4, -0.2) is 9.63 Å². The summed E-state index contributed by atoms with van der Waals surface area (Å²) in [5.41, 5.74) is 1.99. The van der Waals surface area contributed by atoms with Gasteiger partial charge in [0, 0.05) is 6.07 Å². The Bertz CT molecular complexity index is 805. The zero-order valence-electron chi connectivity index (χ0n) is 12.1. The Morgan fingerprint density at radius 3 is 2.57 bits per heavy atom. The van der Waals surface area contributed by atoms with Gasteiger partial charge in [-0.3, -0.25) is 5.41 Å². The maximum absolute atomic E-state index is 13.9. The topological polar surface area (TPSA) is 57.5 Å². The number of primary amides is 1. The molecule has 0 spiro atoms. The Hall–Kier alpha value is -1.31. The predicted molar refractivity (Wildman–Crippen MR) is 96.6 cm³/mol. The molecule has 1 aliphatic rings. The summed E-state index contributed by atoms with van der Waals surface area (Å²) in [6, 6.07) is 9.93. The fourth-order valence-electron chi connectivity index (χ4n) is 2.64. The van der Waals surface area contributed by atoms with Crippen molar-refractivity contribution in [2.75, 3.05) is 0 Å². The van der Waals surface area contributed by atoms with Crippen LogP contribution < -0.4 is 5.32 Å². The second kappa shape index (κ2) is 6.67. The van der Waals surface area contributed by atoms with E-state index in [1.807, 2.05) is 12.1 Å². The van der Waals surface area contributed by atoms with Crippen LogP contribution in [0.2, 0.25) is 5.02 Å². The maximum atomic E-state index is 13.9. The lowest BCUT2D eigenvalue weighted by molar-refractivity contribution is -0.464. The highest BCUT2D eigenvalue weighted by Gasteiger charge is 2.31. The molecule has 0 aliphatic heterocycles. The molecular formula is C17H14ClFIN2O+. The molecule has 1 aliphatic carbocycles. The summed E-state index contributed by atoms with van der Waals surface area (Å²) in [4.78, 5) is 12.7. The second-order valence-corrected chi connectivity index (χ2v) is 6.99. The molecule has 3 N–H and O–H groups in total. The van der Waals surface area contributed by atoms with Crippen molar-refractivity contribution in [3.05, 3.63) is 63.9 Å². The highest BCUT2D eigenvalue weighted by molar-refractivity contribution is 14.1. The molecule has 0 saturated heterocycles. The minimum absolute atomic E-state index is 0.0568. The van der Waals surface area contributed by atoms with Crippen molar-refractivity contribution >= 4 is 49.5 Å². The van der Waals surface area contributed by atoms with Gasteiger partial charge in [-0.1, -0.05) is 29.8 Å². The van der Waals surface area contributed by atoms with Crippen LogP contribution in [0.5, 0.6) is 0 Å². The van der Waals surface area contributed by atoms with Crippen molar-refractivity contribution in [3.8, 4) is 0 Å². The van der Waals surface area contributed by atoms with Crippen molar-refractivity contribution in [1.29, 1.82) is 5.41 Å². The van der Waals surface area contributed by atoms with Crippen LogP contribution in [0.15, 0.2) is 36.4 Å². The largest absolute Gasteiger partial charge is 0.349 e. The molecule has 0 heterocycles. The van der Waals surface area contributed by atoms with Gasteiger partial charge in [-0.2, -0.15) is 0 Å². The van der Waals surface area contributed by atoms with E-state index in [9.17, 15) is 9.18 Å². The van der Waals surface area contributed by atoms with E-state index in [1.54, 1.807) is 34.7 Å². The molecule has 0 radical (unpaired) electrons. The molecule has 2 aromatic carbocycles. The lowest BCUT2D eigenvalue weighted by atomic mass is 10.0. The monoisotopic (exact) mass is 443 g/mol. The molecule has 23 heavy (non-hydrogen) atoms. The molecule has 0 unspecified atom stereocenters. The van der Waals surface area contributed by atoms with E-state index in [0.29, 0.717) is 22.2 Å². The van der Waals surface area contributed by atoms with E-state index in [0.717, 1.165) is 18.4 Å². The SMILES string of the molecule is N=C(I)c1c(F)cccc1[NH2+]C(=O)c1c(Cl)cccc1C1CC1. The fourth-order valence-corrected chi connectivity index (χ4v) is 3.49. The number of quaternary nitrogens is 1. The molecule has 118 valence electrons. The van der Waals surface area contributed by atoms with Gasteiger partial charge in [0.2, 0.25) is 0 Å². The number of halogens is 3. The number of hydrogen-bond acceptors (Lipinski definition) is 2. The van der Waals surface area contributed by atoms with Gasteiger partial charge in [0.15, 0.2) is 0 Å². The third-order valence-electron chi connectivity index (χ3n) is 3.86. The van der Waals surface area contributed by atoms with E-state index in [-0.39, 0.29) is 15.2 Å². The maximum Gasteiger partial charge on any atom is 0.349 e. The number of amides is 1. The van der Waals surface area contributed by atoms with Gasteiger partial charge in [-0.05, 0) is 59.0 Å². The van der Waals surface area contributed by atoms with Crippen LogP contribution in [0, 0.1) is 11.2 Å². The predicted octanol–water partition coefficient (Wildman–Crippen LogP) is 4.15. The summed E-state index contributed by atoms with van der Waals surface area (Å²) in [5, 5.41) is 9.51. The third kappa shape index (κ3) is 3.46. The molecule has 2 aromatic rings. The highest BCUT2D eigenvalue weighted by atomic mass is 127. The van der Waals surface area contributed by atoms with Crippen LogP contribution in [-0.2, 0) is 0 Å². The smallest absolute Gasteiger partial charge is 0.293 e. The fraction of sp³-hybridized carbons (Fsp3) is 0.176. The van der Waals surface area contributed by atoms with Crippen molar-refractivity contribution in [3.63, 3.8) is 0 Å². The molecule has 3 rings (SSSR count). The van der Waals surface area contributed by atoms with Crippen LogP contribution in [0.1, 0.15) is 40.2 Å². The standard InChI is InChI=1S/C17H13ClFIN2O/c18-11-4-1-3-10(9-7-8-9)14(11)17(23)22-13-6-2-5-12(19)15(13)16(20)21/h1-6,9,21H,7-8H2,(H,22,23)/p+1. The quantitative estimate of drug-likeness (QED) is 0.416. The Kier molecular flexibility index (Phi) is 4.79. The van der Waals surface area contributed by atoms with E-state index in [1.165, 1.54) is 17.4 Å². The molecule has 0 atom stereocenters. The number of carbonyl (C=O) groups is 1. The number of nitrogens with one attached hydrogen (secondary N) is 1. The normalized spacial score (nSPS) is 13.9. The van der Waals surface area contributed by atoms with E-state index < -0.39 is 5.82 Å². The summed E-state index contributed by atoms with van der Waals surface area (Å²) in [5.74, 6) is -0.370. The van der Waals surface area contributed by atoms with Gasteiger partial charge >= 0.3 is 5.91 Å². The van der Waals surface area contributed by atoms with E-state index in [2.05, 4.69) is 0 Å². The lowest BCUT2D eigenvalue weighted by Crippen LogP contribution is -2.82. The van der Waals surface area contributed by atoms with Gasteiger partial charge in [-0.15, -0.1) is 0 Å². The first-order valence-electron chi connectivity index (χ1n) is 7.19. The Morgan fingerprint density at radius 1 is 1.22 bits per heavy atom. The van der Waals surface area contributed by atoms with Crippen molar-refractivity contribution in [2.24, 2.45) is 0 Å². The first-order valence-corrected chi connectivity index (χ1v) is 8.65. The summed E-state index contributed by atoms with van der Waals surface area (Å²) in [6.07, 6.45) is 2.12. The minimum Gasteiger partial charge on any atom is -0.293 e. The average Bonchev–Trinajstić information content (AvgIpc) is 3.30. The van der Waals surface area contributed by atoms with Crippen LogP contribution in [0.25, 0.3) is 0 Å².